The van der Waals surface area contributed by atoms with Gasteiger partial charge in [0.05, 0.1) is 0 Å². The summed E-state index contributed by atoms with van der Waals surface area (Å²) in [5.41, 5.74) is 1.79. The zero-order chi connectivity index (χ0) is 21.4. The van der Waals surface area contributed by atoms with Gasteiger partial charge in [0.25, 0.3) is 5.91 Å². The molecule has 0 aliphatic rings. The van der Waals surface area contributed by atoms with Crippen LogP contribution in [0.25, 0.3) is 0 Å². The summed E-state index contributed by atoms with van der Waals surface area (Å²) < 4.78 is 4.97. The number of aromatic nitrogens is 1. The molecule has 0 saturated heterocycles. The SMILES string of the molecule is CCCCCCN(CC(=O)Nc1cc(C)on1)C(=O)c1ccc(C(C)(C)C)cc1. The van der Waals surface area contributed by atoms with Gasteiger partial charge >= 0.3 is 0 Å². The van der Waals surface area contributed by atoms with E-state index < -0.39 is 0 Å². The fourth-order valence-corrected chi connectivity index (χ4v) is 3.06. The smallest absolute Gasteiger partial charge is 0.254 e. The standard InChI is InChI=1S/C23H33N3O3/c1-6-7-8-9-14-26(16-21(27)24-20-15-17(2)29-25-20)22(28)18-10-12-19(13-11-18)23(3,4)5/h10-13,15H,6-9,14,16H2,1-5H3,(H,24,25,27). The average molecular weight is 400 g/mol. The maximum atomic E-state index is 13.1. The summed E-state index contributed by atoms with van der Waals surface area (Å²) >= 11 is 0. The van der Waals surface area contributed by atoms with Crippen molar-refractivity contribution in [1.82, 2.24) is 10.1 Å². The Labute approximate surface area is 173 Å². The molecule has 0 radical (unpaired) electrons. The van der Waals surface area contributed by atoms with E-state index in [2.05, 4.69) is 38.2 Å². The summed E-state index contributed by atoms with van der Waals surface area (Å²) in [6.45, 7) is 10.9. The summed E-state index contributed by atoms with van der Waals surface area (Å²) in [5.74, 6) is 0.564. The van der Waals surface area contributed by atoms with Gasteiger partial charge in [-0.15, -0.1) is 0 Å². The first-order chi connectivity index (χ1) is 13.7. The van der Waals surface area contributed by atoms with Crippen LogP contribution in [0.3, 0.4) is 0 Å². The number of unbranched alkanes of at least 4 members (excludes halogenated alkanes) is 3. The lowest BCUT2D eigenvalue weighted by molar-refractivity contribution is -0.117. The van der Waals surface area contributed by atoms with E-state index in [9.17, 15) is 9.59 Å². The predicted molar refractivity (Wildman–Crippen MR) is 115 cm³/mol. The van der Waals surface area contributed by atoms with Crippen molar-refractivity contribution < 1.29 is 14.1 Å². The zero-order valence-corrected chi connectivity index (χ0v) is 18.2. The van der Waals surface area contributed by atoms with Crippen LogP contribution in [-0.4, -0.2) is 35.0 Å². The molecular formula is C23H33N3O3. The van der Waals surface area contributed by atoms with Crippen LogP contribution >= 0.6 is 0 Å². The molecule has 158 valence electrons. The third-order valence-corrected chi connectivity index (χ3v) is 4.80. The first-order valence-corrected chi connectivity index (χ1v) is 10.3. The van der Waals surface area contributed by atoms with E-state index in [0.29, 0.717) is 23.7 Å². The third kappa shape index (κ3) is 7.04. The Morgan fingerprint density at radius 3 is 2.34 bits per heavy atom. The maximum Gasteiger partial charge on any atom is 0.254 e. The van der Waals surface area contributed by atoms with Crippen molar-refractivity contribution in [3.05, 3.63) is 47.2 Å². The Kier molecular flexibility index (Phi) is 8.00. The molecule has 0 saturated carbocycles. The molecule has 1 aromatic heterocycles. The topological polar surface area (TPSA) is 75.4 Å². The molecule has 0 aliphatic carbocycles. The van der Waals surface area contributed by atoms with Gasteiger partial charge in [-0.2, -0.15) is 0 Å². The Morgan fingerprint density at radius 2 is 1.79 bits per heavy atom. The van der Waals surface area contributed by atoms with E-state index in [1.807, 2.05) is 24.3 Å². The quantitative estimate of drug-likeness (QED) is 0.606. The number of carbonyl (C=O) groups excluding carboxylic acids is 2. The second-order valence-corrected chi connectivity index (χ2v) is 8.49. The van der Waals surface area contributed by atoms with Crippen molar-refractivity contribution in [3.8, 4) is 0 Å². The monoisotopic (exact) mass is 399 g/mol. The second-order valence-electron chi connectivity index (χ2n) is 8.49. The molecule has 29 heavy (non-hydrogen) atoms. The average Bonchev–Trinajstić information content (AvgIpc) is 3.07. The molecule has 1 aromatic carbocycles. The maximum absolute atomic E-state index is 13.1. The highest BCUT2D eigenvalue weighted by Crippen LogP contribution is 2.22. The molecule has 0 unspecified atom stereocenters. The molecule has 1 heterocycles. The third-order valence-electron chi connectivity index (χ3n) is 4.80. The van der Waals surface area contributed by atoms with Crippen molar-refractivity contribution in [1.29, 1.82) is 0 Å². The fourth-order valence-electron chi connectivity index (χ4n) is 3.06. The number of amides is 2. The highest BCUT2D eigenvalue weighted by atomic mass is 16.5. The highest BCUT2D eigenvalue weighted by molar-refractivity contribution is 5.99. The lowest BCUT2D eigenvalue weighted by Gasteiger charge is -2.23. The van der Waals surface area contributed by atoms with Crippen molar-refractivity contribution in [2.45, 2.75) is 65.7 Å². The summed E-state index contributed by atoms with van der Waals surface area (Å²) in [6, 6.07) is 9.32. The molecule has 0 fully saturated rings. The van der Waals surface area contributed by atoms with Gasteiger partial charge in [-0.25, -0.2) is 0 Å². The van der Waals surface area contributed by atoms with E-state index >= 15 is 0 Å². The van der Waals surface area contributed by atoms with Crippen LogP contribution in [0.5, 0.6) is 0 Å². The molecule has 1 N–H and O–H groups in total. The Bertz CT molecular complexity index is 804. The molecule has 2 rings (SSSR count). The Hall–Kier alpha value is -2.63. The highest BCUT2D eigenvalue weighted by Gasteiger charge is 2.20. The molecule has 6 heteroatoms. The summed E-state index contributed by atoms with van der Waals surface area (Å²) in [6.07, 6.45) is 4.14. The van der Waals surface area contributed by atoms with Crippen LogP contribution < -0.4 is 5.32 Å². The fraction of sp³-hybridized carbons (Fsp3) is 0.522. The second kappa shape index (κ2) is 10.2. The first kappa shape index (κ1) is 22.7. The number of hydrogen-bond donors (Lipinski definition) is 1. The normalized spacial score (nSPS) is 11.3. The van der Waals surface area contributed by atoms with Crippen molar-refractivity contribution in [3.63, 3.8) is 0 Å². The van der Waals surface area contributed by atoms with Gasteiger partial charge in [0.15, 0.2) is 5.82 Å². The van der Waals surface area contributed by atoms with Gasteiger partial charge in [-0.05, 0) is 36.5 Å². The lowest BCUT2D eigenvalue weighted by Crippen LogP contribution is -2.38. The molecule has 0 bridgehead atoms. The lowest BCUT2D eigenvalue weighted by atomic mass is 9.86. The van der Waals surface area contributed by atoms with Crippen molar-refractivity contribution >= 4 is 17.6 Å². The minimum absolute atomic E-state index is 0.0160. The number of nitrogens with zero attached hydrogens (tertiary/aromatic N) is 2. The number of aryl methyl sites for hydroxylation is 1. The van der Waals surface area contributed by atoms with Crippen LogP contribution in [-0.2, 0) is 10.2 Å². The predicted octanol–water partition coefficient (Wildman–Crippen LogP) is 4.94. The Morgan fingerprint density at radius 1 is 1.10 bits per heavy atom. The van der Waals surface area contributed by atoms with E-state index in [-0.39, 0.29) is 23.8 Å². The van der Waals surface area contributed by atoms with Gasteiger partial charge in [0.2, 0.25) is 5.91 Å². The first-order valence-electron chi connectivity index (χ1n) is 10.3. The number of hydrogen-bond acceptors (Lipinski definition) is 4. The van der Waals surface area contributed by atoms with Gasteiger partial charge in [-0.3, -0.25) is 9.59 Å². The van der Waals surface area contributed by atoms with Crippen molar-refractivity contribution in [2.75, 3.05) is 18.4 Å². The molecular weight excluding hydrogens is 366 g/mol. The van der Waals surface area contributed by atoms with Gasteiger partial charge in [0, 0.05) is 18.2 Å². The molecule has 0 aliphatic heterocycles. The molecule has 6 nitrogen and oxygen atoms in total. The summed E-state index contributed by atoms with van der Waals surface area (Å²) in [5, 5.41) is 6.47. The largest absolute Gasteiger partial charge is 0.360 e. The van der Waals surface area contributed by atoms with Crippen LogP contribution in [0.1, 0.15) is 75.1 Å². The van der Waals surface area contributed by atoms with Crippen molar-refractivity contribution in [2.24, 2.45) is 0 Å². The van der Waals surface area contributed by atoms with E-state index in [1.54, 1.807) is 17.9 Å². The van der Waals surface area contributed by atoms with Gasteiger partial charge < -0.3 is 14.7 Å². The minimum atomic E-state index is -0.284. The van der Waals surface area contributed by atoms with Gasteiger partial charge in [-0.1, -0.05) is 64.2 Å². The van der Waals surface area contributed by atoms with E-state index in [0.717, 1.165) is 25.7 Å². The Balaban J connectivity index is 2.08. The summed E-state index contributed by atoms with van der Waals surface area (Å²) in [7, 11) is 0. The van der Waals surface area contributed by atoms with E-state index in [1.165, 1.54) is 5.56 Å². The van der Waals surface area contributed by atoms with Crippen LogP contribution in [0.4, 0.5) is 5.82 Å². The summed E-state index contributed by atoms with van der Waals surface area (Å²) in [4.78, 5) is 27.1. The molecule has 2 amide bonds. The molecule has 2 aromatic rings. The van der Waals surface area contributed by atoms with Crippen LogP contribution in [0.2, 0.25) is 0 Å². The minimum Gasteiger partial charge on any atom is -0.360 e. The number of benzene rings is 1. The number of rotatable bonds is 9. The zero-order valence-electron chi connectivity index (χ0n) is 18.2. The number of anilines is 1. The van der Waals surface area contributed by atoms with Crippen LogP contribution in [0.15, 0.2) is 34.9 Å². The number of nitrogens with one attached hydrogen (secondary N) is 1. The van der Waals surface area contributed by atoms with Gasteiger partial charge in [0.1, 0.15) is 12.3 Å². The van der Waals surface area contributed by atoms with Crippen LogP contribution in [0, 0.1) is 6.92 Å². The number of carbonyl (C=O) groups is 2. The van der Waals surface area contributed by atoms with E-state index in [4.69, 9.17) is 4.52 Å². The molecule has 0 spiro atoms. The molecule has 0 atom stereocenters.